The minimum Gasteiger partial charge on any atom is -0.461 e. The van der Waals surface area contributed by atoms with Crippen molar-refractivity contribution in [2.24, 2.45) is 0 Å². The summed E-state index contributed by atoms with van der Waals surface area (Å²) in [6, 6.07) is 0. The van der Waals surface area contributed by atoms with Crippen LogP contribution in [0.1, 0.15) is 162 Å². The molecule has 0 spiro atoms. The smallest absolute Gasteiger partial charge is 0.461 e. The maximum absolute atomic E-state index is 12.8. The van der Waals surface area contributed by atoms with E-state index in [0.717, 1.165) is 96.3 Å². The fourth-order valence-electron chi connectivity index (χ4n) is 5.83. The molecule has 0 heterocycles. The Bertz CT molecular complexity index is 1650. The van der Waals surface area contributed by atoms with Gasteiger partial charge in [-0.15, -0.1) is 0 Å². The first-order valence-corrected chi connectivity index (χ1v) is 26.6. The Morgan fingerprint density at radius 2 is 0.838 bits per heavy atom. The quantitative estimate of drug-likeness (QED) is 0.0197. The van der Waals surface area contributed by atoms with E-state index >= 15 is 0 Å². The molecule has 11 nitrogen and oxygen atoms in total. The van der Waals surface area contributed by atoms with Gasteiger partial charge in [0.1, 0.15) is 12.7 Å². The van der Waals surface area contributed by atoms with Crippen molar-refractivity contribution < 1.29 is 52.2 Å². The number of esters is 3. The third-order valence-corrected chi connectivity index (χ3v) is 10.5. The number of phosphoric acid groups is 1. The number of phosphoric ester groups is 1. The van der Waals surface area contributed by atoms with Crippen molar-refractivity contribution in [3.63, 3.8) is 0 Å². The second-order valence-electron chi connectivity index (χ2n) is 15.9. The van der Waals surface area contributed by atoms with Crippen LogP contribution < -0.4 is 0 Å². The Hall–Kier alpha value is -4.38. The topological polar surface area (TPSA) is 155 Å². The minimum atomic E-state index is -4.79. The first kappa shape index (κ1) is 63.6. The summed E-state index contributed by atoms with van der Waals surface area (Å²) < 4.78 is 39.1. The highest BCUT2D eigenvalue weighted by molar-refractivity contribution is 7.47. The summed E-state index contributed by atoms with van der Waals surface area (Å²) >= 11 is 0. The molecule has 0 rings (SSSR count). The fourth-order valence-corrected chi connectivity index (χ4v) is 6.61. The van der Waals surface area contributed by atoms with Crippen molar-refractivity contribution in [3.8, 4) is 0 Å². The van der Waals surface area contributed by atoms with Crippen LogP contribution in [0.3, 0.4) is 0 Å². The number of carbonyl (C=O) groups excluding carboxylic acids is 3. The molecule has 2 N–H and O–H groups in total. The number of unbranched alkanes of at least 4 members (excludes halogenated alkanes) is 6. The van der Waals surface area contributed by atoms with Gasteiger partial charge in [-0.05, 0) is 96.3 Å². The Morgan fingerprint density at radius 1 is 0.441 bits per heavy atom. The second-order valence-corrected chi connectivity index (χ2v) is 17.3. The molecule has 0 saturated heterocycles. The molecule has 3 unspecified atom stereocenters. The first-order valence-electron chi connectivity index (χ1n) is 25.1. The number of ether oxygens (including phenoxy) is 3. The largest absolute Gasteiger partial charge is 0.472 e. The summed E-state index contributed by atoms with van der Waals surface area (Å²) in [7, 11) is -4.79. The van der Waals surface area contributed by atoms with Gasteiger partial charge in [-0.2, -0.15) is 0 Å². The van der Waals surface area contributed by atoms with Gasteiger partial charge in [0, 0.05) is 12.8 Å². The van der Waals surface area contributed by atoms with Crippen LogP contribution in [-0.2, 0) is 42.2 Å². The standard InChI is InChI=1S/C56H87O11P/c1-4-7-10-13-16-19-22-25-26-29-30-33-36-39-42-45-54(58)63-49-53(67-56(60)47-44-41-38-35-32-28-24-21-18-15-12-9-6-3)51-65-68(61,62)64-50-52(48-57)66-55(59)46-43-40-37-34-31-27-23-20-17-14-11-8-5-2/h7,9-12,14,16,18-21,23,25-26,28,30,32-33,38-39,41-42,52-53,57H,4-6,8,13,15,17,22,24,27,29,31,34-37,40,43-51H2,1-3H3,(H,61,62)/b10-7-,12-9-,14-11-,19-16-,21-18-,23-20-,26-25-,32-28-,33-30-,41-38-,42-39-. The Balaban J connectivity index is 4.97. The van der Waals surface area contributed by atoms with E-state index in [1.807, 2.05) is 36.5 Å². The molecule has 0 fully saturated rings. The second kappa shape index (κ2) is 49.1. The zero-order chi connectivity index (χ0) is 49.9. The monoisotopic (exact) mass is 967 g/mol. The number of rotatable bonds is 44. The van der Waals surface area contributed by atoms with E-state index in [1.54, 1.807) is 6.08 Å². The minimum absolute atomic E-state index is 0.0185. The van der Waals surface area contributed by atoms with Crippen molar-refractivity contribution in [2.45, 2.75) is 174 Å². The summed E-state index contributed by atoms with van der Waals surface area (Å²) in [5.74, 6) is -1.75. The molecule has 0 aromatic rings. The number of aliphatic hydroxyl groups is 1. The van der Waals surface area contributed by atoms with E-state index in [0.29, 0.717) is 25.7 Å². The van der Waals surface area contributed by atoms with E-state index in [9.17, 15) is 28.9 Å². The summed E-state index contributed by atoms with van der Waals surface area (Å²) in [5, 5.41) is 9.76. The van der Waals surface area contributed by atoms with Gasteiger partial charge in [0.25, 0.3) is 0 Å². The normalized spacial score (nSPS) is 14.6. The third kappa shape index (κ3) is 46.7. The summed E-state index contributed by atoms with van der Waals surface area (Å²) in [6.45, 7) is 4.08. The average molecular weight is 967 g/mol. The van der Waals surface area contributed by atoms with E-state index in [1.165, 1.54) is 0 Å². The number of carbonyl (C=O) groups is 3. The lowest BCUT2D eigenvalue weighted by Gasteiger charge is -2.21. The van der Waals surface area contributed by atoms with Crippen LogP contribution >= 0.6 is 7.82 Å². The maximum atomic E-state index is 12.8. The maximum Gasteiger partial charge on any atom is 0.472 e. The Kier molecular flexibility index (Phi) is 45.9. The molecule has 12 heteroatoms. The zero-order valence-electron chi connectivity index (χ0n) is 41.8. The molecule has 68 heavy (non-hydrogen) atoms. The van der Waals surface area contributed by atoms with Crippen LogP contribution in [0.4, 0.5) is 0 Å². The number of aliphatic hydroxyl groups excluding tert-OH is 1. The van der Waals surface area contributed by atoms with Crippen LogP contribution in [0.2, 0.25) is 0 Å². The highest BCUT2D eigenvalue weighted by Crippen LogP contribution is 2.43. The van der Waals surface area contributed by atoms with E-state index < -0.39 is 64.4 Å². The first-order chi connectivity index (χ1) is 33.2. The van der Waals surface area contributed by atoms with Gasteiger partial charge < -0.3 is 24.2 Å². The van der Waals surface area contributed by atoms with Gasteiger partial charge in [0.2, 0.25) is 0 Å². The molecule has 382 valence electrons. The molecule has 0 aliphatic carbocycles. The lowest BCUT2D eigenvalue weighted by atomic mass is 10.1. The molecular weight excluding hydrogens is 880 g/mol. The van der Waals surface area contributed by atoms with Crippen molar-refractivity contribution in [3.05, 3.63) is 134 Å². The number of allylic oxidation sites excluding steroid dienone is 21. The van der Waals surface area contributed by atoms with E-state index in [-0.39, 0.29) is 19.3 Å². The molecule has 3 atom stereocenters. The predicted octanol–water partition coefficient (Wildman–Crippen LogP) is 14.2. The molecule has 0 aromatic heterocycles. The van der Waals surface area contributed by atoms with Crippen molar-refractivity contribution >= 4 is 25.7 Å². The Labute approximate surface area is 410 Å². The lowest BCUT2D eigenvalue weighted by molar-refractivity contribution is -0.160. The van der Waals surface area contributed by atoms with Crippen LogP contribution in [0.5, 0.6) is 0 Å². The molecule has 0 aliphatic rings. The predicted molar refractivity (Wildman–Crippen MR) is 279 cm³/mol. The average Bonchev–Trinajstić information content (AvgIpc) is 3.32. The molecule has 0 amide bonds. The highest BCUT2D eigenvalue weighted by Gasteiger charge is 2.28. The van der Waals surface area contributed by atoms with Crippen molar-refractivity contribution in [1.29, 1.82) is 0 Å². The van der Waals surface area contributed by atoms with Crippen molar-refractivity contribution in [2.75, 3.05) is 26.4 Å². The van der Waals surface area contributed by atoms with Gasteiger partial charge in [-0.3, -0.25) is 23.4 Å². The van der Waals surface area contributed by atoms with Crippen LogP contribution in [0.25, 0.3) is 0 Å². The number of hydrogen-bond acceptors (Lipinski definition) is 10. The molecular formula is C56H87O11P. The van der Waals surface area contributed by atoms with Crippen molar-refractivity contribution in [1.82, 2.24) is 0 Å². The van der Waals surface area contributed by atoms with Gasteiger partial charge in [0.05, 0.1) is 26.2 Å². The van der Waals surface area contributed by atoms with Crippen LogP contribution in [-0.4, -0.2) is 66.5 Å². The highest BCUT2D eigenvalue weighted by atomic mass is 31.2. The SMILES string of the molecule is CC/C=C\C/C=C\C/C=C\C/C=C\C/C=C\CC(=O)OCC(COP(=O)(O)OCC(CO)OC(=O)CCCCCCC/C=C\C/C=C\CCC)OC(=O)CC/C=C\C/C=C\C/C=C\C/C=C\CC. The van der Waals surface area contributed by atoms with E-state index in [2.05, 4.69) is 112 Å². The molecule has 0 aliphatic heterocycles. The third-order valence-electron chi connectivity index (χ3n) is 9.57. The van der Waals surface area contributed by atoms with Crippen LogP contribution in [0.15, 0.2) is 134 Å². The summed E-state index contributed by atoms with van der Waals surface area (Å²) in [6.07, 6.45) is 60.5. The molecule has 0 bridgehead atoms. The van der Waals surface area contributed by atoms with Gasteiger partial charge in [0.15, 0.2) is 6.10 Å². The summed E-state index contributed by atoms with van der Waals surface area (Å²) in [5.41, 5.74) is 0. The van der Waals surface area contributed by atoms with Gasteiger partial charge in [-0.25, -0.2) is 4.57 Å². The fraction of sp³-hybridized carbons (Fsp3) is 0.554. The summed E-state index contributed by atoms with van der Waals surface area (Å²) in [4.78, 5) is 48.2. The molecule has 0 aromatic carbocycles. The molecule has 0 radical (unpaired) electrons. The zero-order valence-corrected chi connectivity index (χ0v) is 42.7. The van der Waals surface area contributed by atoms with Crippen LogP contribution in [0, 0.1) is 0 Å². The van der Waals surface area contributed by atoms with E-state index in [4.69, 9.17) is 23.3 Å². The Morgan fingerprint density at radius 3 is 1.34 bits per heavy atom. The van der Waals surface area contributed by atoms with Gasteiger partial charge >= 0.3 is 25.7 Å². The van der Waals surface area contributed by atoms with Gasteiger partial charge in [-0.1, -0.05) is 180 Å². The lowest BCUT2D eigenvalue weighted by Crippen LogP contribution is -2.30. The molecule has 0 saturated carbocycles. The number of hydrogen-bond donors (Lipinski definition) is 2.